The fourth-order valence-corrected chi connectivity index (χ4v) is 4.51. The Balaban J connectivity index is 2.08. The molecule has 2 fully saturated rings. The predicted octanol–water partition coefficient (Wildman–Crippen LogP) is 3.05. The first-order valence-electron chi connectivity index (χ1n) is 7.15. The second-order valence-corrected chi connectivity index (χ2v) is 5.89. The minimum absolute atomic E-state index is 0.124. The minimum atomic E-state index is -0.394. The molecule has 0 aromatic rings. The highest BCUT2D eigenvalue weighted by molar-refractivity contribution is 5.97. The van der Waals surface area contributed by atoms with Crippen molar-refractivity contribution in [2.24, 2.45) is 16.7 Å². The summed E-state index contributed by atoms with van der Waals surface area (Å²) in [5.74, 6) is 2.60. The van der Waals surface area contributed by atoms with E-state index in [4.69, 9.17) is 9.47 Å². The summed E-state index contributed by atoms with van der Waals surface area (Å²) in [5, 5.41) is 0. The molecule has 0 amide bonds. The molecule has 0 aromatic heterocycles. The molecule has 0 aromatic carbocycles. The molecule has 0 radical (unpaired) electrons. The van der Waals surface area contributed by atoms with Gasteiger partial charge in [-0.3, -0.25) is 4.79 Å². The lowest BCUT2D eigenvalue weighted by Crippen LogP contribution is -2.57. The van der Waals surface area contributed by atoms with Gasteiger partial charge in [0, 0.05) is 17.8 Å². The molecule has 1 spiro atoms. The van der Waals surface area contributed by atoms with Gasteiger partial charge in [-0.15, -0.1) is 0 Å². The van der Waals surface area contributed by atoms with Crippen LogP contribution in [-0.4, -0.2) is 19.0 Å². The van der Waals surface area contributed by atoms with E-state index in [1.807, 2.05) is 13.8 Å². The van der Waals surface area contributed by atoms with E-state index in [-0.39, 0.29) is 5.41 Å². The third-order valence-corrected chi connectivity index (χ3v) is 5.40. The molecule has 0 unspecified atom stereocenters. The van der Waals surface area contributed by atoms with Gasteiger partial charge >= 0.3 is 0 Å². The zero-order chi connectivity index (χ0) is 13.0. The summed E-state index contributed by atoms with van der Waals surface area (Å²) in [4.78, 5) is 12.2. The van der Waals surface area contributed by atoms with E-state index in [0.717, 1.165) is 30.8 Å². The first-order valence-corrected chi connectivity index (χ1v) is 7.15. The highest BCUT2D eigenvalue weighted by atomic mass is 16.5. The standard InChI is InChI=1S/C15H22O3/c1-4-17-12-10-7-6-8-15(10)9-11(16)14(15,3)13(12)18-5-2/h10H,4-9H2,1-3H3/t10-,14-,15+/m0/s1. The van der Waals surface area contributed by atoms with Crippen LogP contribution < -0.4 is 0 Å². The fraction of sp³-hybridized carbons (Fsp3) is 0.800. The second-order valence-electron chi connectivity index (χ2n) is 5.89. The number of rotatable bonds is 4. The average Bonchev–Trinajstić information content (AvgIpc) is 2.83. The van der Waals surface area contributed by atoms with Crippen LogP contribution in [0.2, 0.25) is 0 Å². The first kappa shape index (κ1) is 12.1. The van der Waals surface area contributed by atoms with Crippen molar-refractivity contribution < 1.29 is 14.3 Å². The van der Waals surface area contributed by atoms with Crippen LogP contribution in [0.5, 0.6) is 0 Å². The first-order chi connectivity index (χ1) is 8.61. The highest BCUT2D eigenvalue weighted by Gasteiger charge is 2.75. The van der Waals surface area contributed by atoms with Gasteiger partial charge in [-0.05, 0) is 33.6 Å². The monoisotopic (exact) mass is 250 g/mol. The van der Waals surface area contributed by atoms with E-state index in [2.05, 4.69) is 6.92 Å². The van der Waals surface area contributed by atoms with Gasteiger partial charge in [-0.2, -0.15) is 0 Å². The Morgan fingerprint density at radius 3 is 2.61 bits per heavy atom. The van der Waals surface area contributed by atoms with E-state index in [1.54, 1.807) is 0 Å². The summed E-state index contributed by atoms with van der Waals surface area (Å²) in [6.07, 6.45) is 4.23. The fourth-order valence-electron chi connectivity index (χ4n) is 4.51. The summed E-state index contributed by atoms with van der Waals surface area (Å²) in [6, 6.07) is 0. The summed E-state index contributed by atoms with van der Waals surface area (Å²) >= 11 is 0. The second kappa shape index (κ2) is 3.75. The van der Waals surface area contributed by atoms with Gasteiger partial charge in [0.25, 0.3) is 0 Å². The molecular weight excluding hydrogens is 228 g/mol. The summed E-state index contributed by atoms with van der Waals surface area (Å²) in [5.41, 5.74) is -0.270. The number of Topliss-reactive ketones (excluding diaryl/α,β-unsaturated/α-hetero) is 1. The Kier molecular flexibility index (Phi) is 2.51. The Bertz CT molecular complexity index is 425. The Morgan fingerprint density at radius 2 is 2.00 bits per heavy atom. The van der Waals surface area contributed by atoms with Crippen LogP contribution >= 0.6 is 0 Å². The van der Waals surface area contributed by atoms with Crippen LogP contribution in [0.15, 0.2) is 11.5 Å². The third-order valence-electron chi connectivity index (χ3n) is 5.40. The molecule has 3 aliphatic carbocycles. The van der Waals surface area contributed by atoms with Crippen molar-refractivity contribution >= 4 is 5.78 Å². The van der Waals surface area contributed by atoms with Crippen molar-refractivity contribution in [1.29, 1.82) is 0 Å². The van der Waals surface area contributed by atoms with E-state index >= 15 is 0 Å². The third kappa shape index (κ3) is 1.09. The topological polar surface area (TPSA) is 35.5 Å². The van der Waals surface area contributed by atoms with Gasteiger partial charge < -0.3 is 9.47 Å². The lowest BCUT2D eigenvalue weighted by molar-refractivity contribution is -0.157. The maximum absolute atomic E-state index is 12.2. The average molecular weight is 250 g/mol. The van der Waals surface area contributed by atoms with Crippen molar-refractivity contribution in [3.8, 4) is 0 Å². The Hall–Kier alpha value is -0.990. The van der Waals surface area contributed by atoms with Crippen molar-refractivity contribution in [3.05, 3.63) is 11.5 Å². The molecule has 18 heavy (non-hydrogen) atoms. The zero-order valence-electron chi connectivity index (χ0n) is 11.5. The molecule has 0 N–H and O–H groups in total. The molecule has 2 saturated carbocycles. The van der Waals surface area contributed by atoms with Crippen LogP contribution in [0.4, 0.5) is 0 Å². The summed E-state index contributed by atoms with van der Waals surface area (Å²) in [6.45, 7) is 7.32. The Labute approximate surface area is 109 Å². The van der Waals surface area contributed by atoms with E-state index in [0.29, 0.717) is 24.9 Å². The van der Waals surface area contributed by atoms with Crippen molar-refractivity contribution in [1.82, 2.24) is 0 Å². The minimum Gasteiger partial charge on any atom is -0.494 e. The number of carbonyl (C=O) groups is 1. The molecule has 0 heterocycles. The SMILES string of the molecule is CCOC1=C(OCC)[C@]2(C)C(=O)C[C@@]23CCC[C@@H]13. The van der Waals surface area contributed by atoms with Crippen LogP contribution in [-0.2, 0) is 14.3 Å². The number of carbonyl (C=O) groups excluding carboxylic acids is 1. The molecule has 100 valence electrons. The molecule has 3 atom stereocenters. The molecule has 3 aliphatic rings. The van der Waals surface area contributed by atoms with Crippen molar-refractivity contribution in [3.63, 3.8) is 0 Å². The Morgan fingerprint density at radius 1 is 1.28 bits per heavy atom. The molecule has 3 heteroatoms. The quantitative estimate of drug-likeness (QED) is 0.769. The molecule has 3 nitrogen and oxygen atoms in total. The molecule has 0 saturated heterocycles. The number of ether oxygens (including phenoxy) is 2. The van der Waals surface area contributed by atoms with E-state index < -0.39 is 5.41 Å². The van der Waals surface area contributed by atoms with E-state index in [1.165, 1.54) is 6.42 Å². The predicted molar refractivity (Wildman–Crippen MR) is 67.8 cm³/mol. The zero-order valence-corrected chi connectivity index (χ0v) is 11.5. The van der Waals surface area contributed by atoms with Gasteiger partial charge in [0.1, 0.15) is 17.3 Å². The van der Waals surface area contributed by atoms with Crippen LogP contribution in [0, 0.1) is 16.7 Å². The number of allylic oxidation sites excluding steroid dienone is 2. The van der Waals surface area contributed by atoms with Gasteiger partial charge in [0.15, 0.2) is 0 Å². The van der Waals surface area contributed by atoms with Crippen molar-refractivity contribution in [2.45, 2.75) is 46.5 Å². The highest BCUT2D eigenvalue weighted by Crippen LogP contribution is 2.74. The lowest BCUT2D eigenvalue weighted by atomic mass is 9.48. The van der Waals surface area contributed by atoms with Gasteiger partial charge in [-0.25, -0.2) is 0 Å². The van der Waals surface area contributed by atoms with Gasteiger partial charge in [0.05, 0.1) is 18.6 Å². The lowest BCUT2D eigenvalue weighted by Gasteiger charge is -2.52. The molecule has 0 aliphatic heterocycles. The van der Waals surface area contributed by atoms with Crippen LogP contribution in [0.25, 0.3) is 0 Å². The van der Waals surface area contributed by atoms with Gasteiger partial charge in [0.2, 0.25) is 0 Å². The smallest absolute Gasteiger partial charge is 0.148 e. The molecular formula is C15H22O3. The van der Waals surface area contributed by atoms with Crippen molar-refractivity contribution in [2.75, 3.05) is 13.2 Å². The normalized spacial score (nSPS) is 41.5. The van der Waals surface area contributed by atoms with Crippen LogP contribution in [0.1, 0.15) is 46.5 Å². The number of ketones is 1. The summed E-state index contributed by atoms with van der Waals surface area (Å²) < 4.78 is 11.7. The summed E-state index contributed by atoms with van der Waals surface area (Å²) in [7, 11) is 0. The number of hydrogen-bond donors (Lipinski definition) is 0. The molecule has 0 bridgehead atoms. The number of hydrogen-bond acceptors (Lipinski definition) is 3. The maximum Gasteiger partial charge on any atom is 0.148 e. The van der Waals surface area contributed by atoms with E-state index in [9.17, 15) is 4.79 Å². The van der Waals surface area contributed by atoms with Crippen LogP contribution in [0.3, 0.4) is 0 Å². The molecule has 3 rings (SSSR count). The maximum atomic E-state index is 12.2. The van der Waals surface area contributed by atoms with Gasteiger partial charge in [-0.1, -0.05) is 6.42 Å². The largest absolute Gasteiger partial charge is 0.494 e.